The molecule has 0 aromatic carbocycles. The normalized spacial score (nSPS) is 11.8. The highest BCUT2D eigenvalue weighted by atomic mass is 15.3. The monoisotopic (exact) mass is 284 g/mol. The van der Waals surface area contributed by atoms with Crippen LogP contribution in [0.4, 0.5) is 0 Å². The highest BCUT2D eigenvalue weighted by Gasteiger charge is 1.97. The Morgan fingerprint density at radius 2 is 1.15 bits per heavy atom. The number of hydrogen-bond acceptors (Lipinski definition) is 3. The van der Waals surface area contributed by atoms with E-state index in [4.69, 9.17) is 11.7 Å². The van der Waals surface area contributed by atoms with E-state index in [1.165, 1.54) is 77.0 Å². The summed E-state index contributed by atoms with van der Waals surface area (Å²) in [7, 11) is 0. The number of nitrogens with zero attached hydrogens (tertiary/aromatic N) is 1. The third-order valence-electron chi connectivity index (χ3n) is 3.84. The largest absolute Gasteiger partial charge is 0.322 e. The van der Waals surface area contributed by atoms with Crippen LogP contribution in [0.15, 0.2) is 5.10 Å². The van der Waals surface area contributed by atoms with Crippen molar-refractivity contribution in [2.24, 2.45) is 16.8 Å². The lowest BCUT2D eigenvalue weighted by atomic mass is 10.0. The van der Waals surface area contributed by atoms with Crippen molar-refractivity contribution >= 4 is 5.84 Å². The van der Waals surface area contributed by atoms with Crippen LogP contribution in [0.1, 0.15) is 96.8 Å². The molecule has 0 atom stereocenters. The lowest BCUT2D eigenvalue weighted by molar-refractivity contribution is 0.540. The maximum atomic E-state index is 5.27. The highest BCUT2D eigenvalue weighted by Crippen LogP contribution is 2.12. The summed E-state index contributed by atoms with van der Waals surface area (Å²) in [6.45, 7) is 2.27. The average Bonchev–Trinajstić information content (AvgIpc) is 2.48. The highest BCUT2D eigenvalue weighted by molar-refractivity contribution is 5.81. The van der Waals surface area contributed by atoms with E-state index in [2.05, 4.69) is 17.5 Å². The first kappa shape index (κ1) is 19.2. The van der Waals surface area contributed by atoms with E-state index in [0.717, 1.165) is 12.8 Å². The second kappa shape index (κ2) is 16.3. The van der Waals surface area contributed by atoms with Crippen molar-refractivity contribution in [3.8, 4) is 0 Å². The van der Waals surface area contributed by atoms with Gasteiger partial charge in [-0.25, -0.2) is 5.84 Å². The van der Waals surface area contributed by atoms with E-state index in [1.807, 2.05) is 0 Å². The molecule has 4 heteroatoms. The summed E-state index contributed by atoms with van der Waals surface area (Å²) in [4.78, 5) is 0. The Hall–Kier alpha value is -0.770. The van der Waals surface area contributed by atoms with Crippen molar-refractivity contribution in [2.75, 3.05) is 0 Å². The third kappa shape index (κ3) is 13.7. The van der Waals surface area contributed by atoms with Gasteiger partial charge < -0.3 is 11.3 Å². The molecule has 0 bridgehead atoms. The number of hydrazine groups is 1. The van der Waals surface area contributed by atoms with Gasteiger partial charge in [0.05, 0.1) is 0 Å². The van der Waals surface area contributed by atoms with Crippen molar-refractivity contribution in [1.29, 1.82) is 0 Å². The van der Waals surface area contributed by atoms with E-state index < -0.39 is 0 Å². The van der Waals surface area contributed by atoms with Crippen molar-refractivity contribution in [3.05, 3.63) is 0 Å². The molecule has 0 saturated carbocycles. The molecule has 0 spiro atoms. The minimum atomic E-state index is 0.702. The number of unbranched alkanes of at least 4 members (excludes halogenated alkanes) is 12. The molecule has 0 aliphatic rings. The average molecular weight is 284 g/mol. The van der Waals surface area contributed by atoms with E-state index in [1.54, 1.807) is 0 Å². The fourth-order valence-electron chi connectivity index (χ4n) is 2.48. The van der Waals surface area contributed by atoms with Crippen LogP contribution in [-0.2, 0) is 0 Å². The molecule has 0 unspecified atom stereocenters. The Morgan fingerprint density at radius 3 is 1.50 bits per heavy atom. The minimum absolute atomic E-state index is 0.702. The van der Waals surface area contributed by atoms with Gasteiger partial charge in [0.1, 0.15) is 5.84 Å². The molecule has 0 heterocycles. The van der Waals surface area contributed by atoms with Gasteiger partial charge in [-0.3, -0.25) is 0 Å². The topological polar surface area (TPSA) is 76.4 Å². The van der Waals surface area contributed by atoms with Gasteiger partial charge in [-0.2, -0.15) is 5.10 Å². The first-order chi connectivity index (χ1) is 9.85. The molecular weight excluding hydrogens is 248 g/mol. The molecule has 0 fully saturated rings. The Balaban J connectivity index is 3.06. The molecule has 120 valence electrons. The van der Waals surface area contributed by atoms with Crippen molar-refractivity contribution in [3.63, 3.8) is 0 Å². The summed E-state index contributed by atoms with van der Waals surface area (Å²) in [5, 5.41) is 3.58. The number of nitrogens with two attached hydrogens (primary N) is 2. The summed E-state index contributed by atoms with van der Waals surface area (Å²) in [5.74, 6) is 11.1. The summed E-state index contributed by atoms with van der Waals surface area (Å²) in [6.07, 6.45) is 18.6. The van der Waals surface area contributed by atoms with Crippen LogP contribution in [0, 0.1) is 0 Å². The number of nitrogens with one attached hydrogen (secondary N) is 1. The van der Waals surface area contributed by atoms with Gasteiger partial charge in [0, 0.05) is 6.42 Å². The molecule has 0 aromatic rings. The Bertz CT molecular complexity index is 217. The van der Waals surface area contributed by atoms with Gasteiger partial charge in [0.25, 0.3) is 0 Å². The van der Waals surface area contributed by atoms with Crippen molar-refractivity contribution in [2.45, 2.75) is 96.8 Å². The Labute approximate surface area is 125 Å². The first-order valence-electron chi connectivity index (χ1n) is 8.58. The molecule has 5 N–H and O–H groups in total. The molecule has 0 aliphatic carbocycles. The predicted molar refractivity (Wildman–Crippen MR) is 89.3 cm³/mol. The summed E-state index contributed by atoms with van der Waals surface area (Å²) >= 11 is 0. The van der Waals surface area contributed by atoms with Gasteiger partial charge in [-0.1, -0.05) is 84.0 Å². The zero-order chi connectivity index (χ0) is 14.9. The number of hydrazone groups is 1. The maximum Gasteiger partial charge on any atom is 0.135 e. The Morgan fingerprint density at radius 1 is 0.750 bits per heavy atom. The van der Waals surface area contributed by atoms with Gasteiger partial charge in [0.2, 0.25) is 0 Å². The van der Waals surface area contributed by atoms with Crippen LogP contribution in [0.2, 0.25) is 0 Å². The third-order valence-corrected chi connectivity index (χ3v) is 3.84. The molecule has 4 nitrogen and oxygen atoms in total. The predicted octanol–water partition coefficient (Wildman–Crippen LogP) is 4.20. The molecule has 0 saturated heterocycles. The minimum Gasteiger partial charge on any atom is -0.322 e. The molecule has 20 heavy (non-hydrogen) atoms. The van der Waals surface area contributed by atoms with Crippen LogP contribution in [0.3, 0.4) is 0 Å². The van der Waals surface area contributed by atoms with Crippen LogP contribution in [0.25, 0.3) is 0 Å². The van der Waals surface area contributed by atoms with Gasteiger partial charge in [-0.05, 0) is 6.42 Å². The Kier molecular flexibility index (Phi) is 15.7. The SMILES string of the molecule is CCCCCCCCCCCCCCCC(=NN)NN. The molecule has 0 rings (SSSR count). The number of rotatable bonds is 14. The van der Waals surface area contributed by atoms with Crippen LogP contribution < -0.4 is 17.1 Å². The van der Waals surface area contributed by atoms with Crippen molar-refractivity contribution in [1.82, 2.24) is 5.43 Å². The molecule has 0 aromatic heterocycles. The summed E-state index contributed by atoms with van der Waals surface area (Å²) in [5.41, 5.74) is 2.52. The van der Waals surface area contributed by atoms with E-state index in [-0.39, 0.29) is 0 Å². The zero-order valence-electron chi connectivity index (χ0n) is 13.5. The lowest BCUT2D eigenvalue weighted by Gasteiger charge is -2.04. The maximum absolute atomic E-state index is 5.27. The first-order valence-corrected chi connectivity index (χ1v) is 8.58. The summed E-state index contributed by atoms with van der Waals surface area (Å²) in [6, 6.07) is 0. The molecule has 0 amide bonds. The smallest absolute Gasteiger partial charge is 0.135 e. The second-order valence-corrected chi connectivity index (χ2v) is 5.71. The second-order valence-electron chi connectivity index (χ2n) is 5.71. The van der Waals surface area contributed by atoms with Crippen molar-refractivity contribution < 1.29 is 0 Å². The molecule has 0 aliphatic heterocycles. The van der Waals surface area contributed by atoms with E-state index in [9.17, 15) is 0 Å². The van der Waals surface area contributed by atoms with Gasteiger partial charge >= 0.3 is 0 Å². The van der Waals surface area contributed by atoms with E-state index in [0.29, 0.717) is 5.84 Å². The lowest BCUT2D eigenvalue weighted by Crippen LogP contribution is -2.31. The standard InChI is InChI=1S/C16H36N4/c1-2-3-4-5-6-7-8-9-10-11-12-13-14-15-16(19-17)20-18/h2-15,17-18H2,1H3,(H,19,20). The van der Waals surface area contributed by atoms with Crippen LogP contribution in [0.5, 0.6) is 0 Å². The molecule has 0 radical (unpaired) electrons. The number of amidine groups is 1. The van der Waals surface area contributed by atoms with E-state index >= 15 is 0 Å². The van der Waals surface area contributed by atoms with Crippen LogP contribution in [-0.4, -0.2) is 5.84 Å². The zero-order valence-corrected chi connectivity index (χ0v) is 13.5. The molecular formula is C16H36N4. The fraction of sp³-hybridized carbons (Fsp3) is 0.938. The van der Waals surface area contributed by atoms with Crippen LogP contribution >= 0.6 is 0 Å². The van der Waals surface area contributed by atoms with Gasteiger partial charge in [-0.15, -0.1) is 0 Å². The number of hydrogen-bond donors (Lipinski definition) is 3. The fourth-order valence-corrected chi connectivity index (χ4v) is 2.48. The van der Waals surface area contributed by atoms with Gasteiger partial charge in [0.15, 0.2) is 0 Å². The quantitative estimate of drug-likeness (QED) is 0.147. The summed E-state index contributed by atoms with van der Waals surface area (Å²) < 4.78 is 0.